The van der Waals surface area contributed by atoms with Gasteiger partial charge in [-0.2, -0.15) is 4.37 Å². The van der Waals surface area contributed by atoms with Crippen LogP contribution >= 0.6 is 11.5 Å². The standard InChI is InChI=1S/C22H29N5O4S/c1-3-14(21(29)25-13-9-5-6-10-13)27(15-11-7-8-12-16(15)31-4-2)22(30)19-17(23)18(20(24)28)26-32-19/h7-8,11-14H,3-6,9-10,23H2,1-2H3,(H2,24,28)(H,25,29)/t14-/m0/s1. The van der Waals surface area contributed by atoms with Crippen LogP contribution in [0.5, 0.6) is 5.75 Å². The number of benzene rings is 1. The van der Waals surface area contributed by atoms with Crippen molar-refractivity contribution in [2.75, 3.05) is 17.2 Å². The van der Waals surface area contributed by atoms with Crippen LogP contribution in [0.3, 0.4) is 0 Å². The number of amides is 3. The second kappa shape index (κ2) is 10.4. The van der Waals surface area contributed by atoms with Crippen molar-refractivity contribution in [1.29, 1.82) is 0 Å². The Morgan fingerprint density at radius 1 is 1.25 bits per heavy atom. The van der Waals surface area contributed by atoms with Gasteiger partial charge in [-0.05, 0) is 49.9 Å². The van der Waals surface area contributed by atoms with Gasteiger partial charge in [-0.3, -0.25) is 19.3 Å². The molecule has 1 atom stereocenters. The van der Waals surface area contributed by atoms with Crippen molar-refractivity contribution in [2.45, 2.75) is 58.0 Å². The van der Waals surface area contributed by atoms with Gasteiger partial charge in [-0.15, -0.1) is 0 Å². The molecule has 9 nitrogen and oxygen atoms in total. The molecule has 0 spiro atoms. The van der Waals surface area contributed by atoms with E-state index in [1.807, 2.05) is 13.8 Å². The molecule has 3 amide bonds. The summed E-state index contributed by atoms with van der Waals surface area (Å²) in [4.78, 5) is 40.1. The number of carbonyl (C=O) groups is 3. The summed E-state index contributed by atoms with van der Waals surface area (Å²) < 4.78 is 9.69. The first-order chi connectivity index (χ1) is 15.4. The van der Waals surface area contributed by atoms with Gasteiger partial charge in [-0.1, -0.05) is 31.9 Å². The Balaban J connectivity index is 2.05. The Morgan fingerprint density at radius 3 is 2.53 bits per heavy atom. The lowest BCUT2D eigenvalue weighted by Gasteiger charge is -2.32. The Morgan fingerprint density at radius 2 is 1.94 bits per heavy atom. The molecular weight excluding hydrogens is 430 g/mol. The zero-order valence-corrected chi connectivity index (χ0v) is 19.1. The number of nitrogen functional groups attached to an aromatic ring is 1. The summed E-state index contributed by atoms with van der Waals surface area (Å²) in [6.07, 6.45) is 4.37. The lowest BCUT2D eigenvalue weighted by Crippen LogP contribution is -2.51. The van der Waals surface area contributed by atoms with Crippen LogP contribution in [-0.4, -0.2) is 40.8 Å². The lowest BCUT2D eigenvalue weighted by molar-refractivity contribution is -0.123. The van der Waals surface area contributed by atoms with Gasteiger partial charge in [0.2, 0.25) is 5.91 Å². The van der Waals surface area contributed by atoms with Crippen molar-refractivity contribution in [3.63, 3.8) is 0 Å². The van der Waals surface area contributed by atoms with Gasteiger partial charge in [0.1, 0.15) is 16.7 Å². The molecular formula is C22H29N5O4S. The number of primary amides is 1. The molecule has 32 heavy (non-hydrogen) atoms. The minimum Gasteiger partial charge on any atom is -0.492 e. The Kier molecular flexibility index (Phi) is 7.68. The smallest absolute Gasteiger partial charge is 0.272 e. The summed E-state index contributed by atoms with van der Waals surface area (Å²) in [6, 6.07) is 6.33. The van der Waals surface area contributed by atoms with Crippen LogP contribution < -0.4 is 26.4 Å². The molecule has 1 heterocycles. The Hall–Kier alpha value is -3.14. The number of ether oxygens (including phenoxy) is 1. The molecule has 0 saturated heterocycles. The van der Waals surface area contributed by atoms with E-state index < -0.39 is 17.9 Å². The molecule has 0 unspecified atom stereocenters. The van der Waals surface area contributed by atoms with E-state index in [0.717, 1.165) is 37.2 Å². The van der Waals surface area contributed by atoms with Crippen molar-refractivity contribution in [1.82, 2.24) is 9.69 Å². The summed E-state index contributed by atoms with van der Waals surface area (Å²) in [5, 5.41) is 3.08. The fraction of sp³-hybridized carbons (Fsp3) is 0.455. The van der Waals surface area contributed by atoms with Crippen molar-refractivity contribution < 1.29 is 19.1 Å². The maximum absolute atomic E-state index is 13.7. The molecule has 1 fully saturated rings. The van der Waals surface area contributed by atoms with Crippen LogP contribution in [0.1, 0.15) is 66.1 Å². The number of rotatable bonds is 9. The van der Waals surface area contributed by atoms with Gasteiger partial charge in [0.25, 0.3) is 11.8 Å². The van der Waals surface area contributed by atoms with Gasteiger partial charge in [0.05, 0.1) is 18.0 Å². The van der Waals surface area contributed by atoms with Gasteiger partial charge in [-0.25, -0.2) is 0 Å². The number of anilines is 2. The minimum atomic E-state index is -0.815. The number of nitrogens with one attached hydrogen (secondary N) is 1. The largest absolute Gasteiger partial charge is 0.492 e. The predicted octanol–water partition coefficient (Wildman–Crippen LogP) is 2.71. The summed E-state index contributed by atoms with van der Waals surface area (Å²) in [5.74, 6) is -1.12. The summed E-state index contributed by atoms with van der Waals surface area (Å²) >= 11 is 0.788. The van der Waals surface area contributed by atoms with E-state index in [1.165, 1.54) is 4.90 Å². The third kappa shape index (κ3) is 4.85. The van der Waals surface area contributed by atoms with Crippen LogP contribution in [0.2, 0.25) is 0 Å². The summed E-state index contributed by atoms with van der Waals surface area (Å²) in [7, 11) is 0. The van der Waals surface area contributed by atoms with Gasteiger partial charge >= 0.3 is 0 Å². The van der Waals surface area contributed by atoms with E-state index in [0.29, 0.717) is 24.5 Å². The normalized spacial score (nSPS) is 14.7. The molecule has 172 valence electrons. The molecule has 1 aromatic carbocycles. The number of carbonyl (C=O) groups excluding carboxylic acids is 3. The molecule has 0 radical (unpaired) electrons. The molecule has 1 aliphatic carbocycles. The van der Waals surface area contributed by atoms with Crippen LogP contribution in [0, 0.1) is 0 Å². The third-order valence-corrected chi connectivity index (χ3v) is 6.35. The van der Waals surface area contributed by atoms with E-state index in [9.17, 15) is 14.4 Å². The first kappa shape index (κ1) is 23.5. The molecule has 0 bridgehead atoms. The van der Waals surface area contributed by atoms with E-state index in [1.54, 1.807) is 24.3 Å². The molecule has 10 heteroatoms. The van der Waals surface area contributed by atoms with Crippen molar-refractivity contribution in [2.24, 2.45) is 5.73 Å². The van der Waals surface area contributed by atoms with Crippen LogP contribution in [-0.2, 0) is 4.79 Å². The van der Waals surface area contributed by atoms with Gasteiger partial charge in [0, 0.05) is 6.04 Å². The zero-order valence-electron chi connectivity index (χ0n) is 18.3. The van der Waals surface area contributed by atoms with Crippen LogP contribution in [0.25, 0.3) is 0 Å². The number of hydrogen-bond acceptors (Lipinski definition) is 7. The highest BCUT2D eigenvalue weighted by Crippen LogP contribution is 2.34. The number of nitrogens with zero attached hydrogens (tertiary/aromatic N) is 2. The quantitative estimate of drug-likeness (QED) is 0.526. The second-order valence-corrected chi connectivity index (χ2v) is 8.40. The van der Waals surface area contributed by atoms with Crippen LogP contribution in [0.4, 0.5) is 11.4 Å². The number of aromatic nitrogens is 1. The molecule has 1 saturated carbocycles. The average Bonchev–Trinajstić information content (AvgIpc) is 3.41. The third-order valence-electron chi connectivity index (χ3n) is 5.50. The number of nitrogens with two attached hydrogens (primary N) is 2. The minimum absolute atomic E-state index is 0.0530. The average molecular weight is 460 g/mol. The van der Waals surface area contributed by atoms with E-state index in [2.05, 4.69) is 9.69 Å². The fourth-order valence-electron chi connectivity index (χ4n) is 3.94. The summed E-state index contributed by atoms with van der Waals surface area (Å²) in [6.45, 7) is 4.07. The van der Waals surface area contributed by atoms with Crippen molar-refractivity contribution in [3.8, 4) is 5.75 Å². The molecule has 0 aliphatic heterocycles. The molecule has 5 N–H and O–H groups in total. The number of para-hydroxylation sites is 2. The van der Waals surface area contributed by atoms with Crippen molar-refractivity contribution >= 4 is 40.6 Å². The first-order valence-electron chi connectivity index (χ1n) is 10.8. The van der Waals surface area contributed by atoms with Gasteiger partial charge in [0.15, 0.2) is 5.69 Å². The molecule has 2 aromatic rings. The van der Waals surface area contributed by atoms with E-state index in [-0.39, 0.29) is 28.2 Å². The highest BCUT2D eigenvalue weighted by molar-refractivity contribution is 7.09. The fourth-order valence-corrected chi connectivity index (χ4v) is 4.69. The Bertz CT molecular complexity index is 986. The molecule has 3 rings (SSSR count). The second-order valence-electron chi connectivity index (χ2n) is 7.63. The maximum atomic E-state index is 13.7. The van der Waals surface area contributed by atoms with E-state index in [4.69, 9.17) is 16.2 Å². The van der Waals surface area contributed by atoms with Gasteiger partial charge < -0.3 is 21.5 Å². The van der Waals surface area contributed by atoms with E-state index >= 15 is 0 Å². The topological polar surface area (TPSA) is 141 Å². The predicted molar refractivity (Wildman–Crippen MR) is 124 cm³/mol. The summed E-state index contributed by atoms with van der Waals surface area (Å²) in [5.41, 5.74) is 11.6. The maximum Gasteiger partial charge on any atom is 0.272 e. The molecule has 1 aromatic heterocycles. The zero-order chi connectivity index (χ0) is 23.3. The number of hydrogen-bond donors (Lipinski definition) is 3. The SMILES string of the molecule is CCOc1ccccc1N(C(=O)c1snc(C(N)=O)c1N)[C@@H](CC)C(=O)NC1CCCC1. The monoisotopic (exact) mass is 459 g/mol. The highest BCUT2D eigenvalue weighted by Gasteiger charge is 2.36. The first-order valence-corrected chi connectivity index (χ1v) is 11.6. The molecule has 1 aliphatic rings. The highest BCUT2D eigenvalue weighted by atomic mass is 32.1. The van der Waals surface area contributed by atoms with Crippen LogP contribution in [0.15, 0.2) is 24.3 Å². The Labute approximate surface area is 191 Å². The lowest BCUT2D eigenvalue weighted by atomic mass is 10.1. The van der Waals surface area contributed by atoms with Crippen molar-refractivity contribution in [3.05, 3.63) is 34.8 Å².